The fourth-order valence-electron chi connectivity index (χ4n) is 2.86. The number of carbonyl (C=O) groups excluding carboxylic acids is 2. The van der Waals surface area contributed by atoms with E-state index in [9.17, 15) is 14.0 Å². The quantitative estimate of drug-likeness (QED) is 0.929. The van der Waals surface area contributed by atoms with Crippen molar-refractivity contribution in [2.75, 3.05) is 11.4 Å². The third-order valence-electron chi connectivity index (χ3n) is 4.12. The van der Waals surface area contributed by atoms with Crippen LogP contribution in [-0.4, -0.2) is 24.5 Å². The molecule has 1 aliphatic rings. The number of ether oxygens (including phenoxy) is 1. The SMILES string of the molecule is CC1Oc2ccccc2N(CC(=O)NC(C)c2ccccc2F)C1=O. The predicted octanol–water partition coefficient (Wildman–Crippen LogP) is 2.82. The van der Waals surface area contributed by atoms with Crippen molar-refractivity contribution in [2.24, 2.45) is 0 Å². The highest BCUT2D eigenvalue weighted by atomic mass is 19.1. The lowest BCUT2D eigenvalue weighted by atomic mass is 10.1. The smallest absolute Gasteiger partial charge is 0.268 e. The number of hydrogen-bond donors (Lipinski definition) is 1. The van der Waals surface area contributed by atoms with Crippen molar-refractivity contribution in [3.8, 4) is 5.75 Å². The van der Waals surface area contributed by atoms with Crippen LogP contribution in [0.3, 0.4) is 0 Å². The fraction of sp³-hybridized carbons (Fsp3) is 0.263. The number of fused-ring (bicyclic) bond motifs is 1. The Bertz CT molecular complexity index is 809. The van der Waals surface area contributed by atoms with E-state index in [1.165, 1.54) is 11.0 Å². The number of benzene rings is 2. The van der Waals surface area contributed by atoms with E-state index in [2.05, 4.69) is 5.32 Å². The summed E-state index contributed by atoms with van der Waals surface area (Å²) >= 11 is 0. The van der Waals surface area contributed by atoms with Gasteiger partial charge in [0, 0.05) is 5.56 Å². The van der Waals surface area contributed by atoms with Crippen molar-refractivity contribution in [3.63, 3.8) is 0 Å². The van der Waals surface area contributed by atoms with Crippen molar-refractivity contribution in [2.45, 2.75) is 26.0 Å². The summed E-state index contributed by atoms with van der Waals surface area (Å²) in [6, 6.07) is 12.8. The lowest BCUT2D eigenvalue weighted by Crippen LogP contribution is -2.49. The molecule has 0 aromatic heterocycles. The molecule has 2 aromatic carbocycles. The fourth-order valence-corrected chi connectivity index (χ4v) is 2.86. The van der Waals surface area contributed by atoms with Crippen molar-refractivity contribution in [3.05, 3.63) is 59.9 Å². The molecule has 2 atom stereocenters. The third-order valence-corrected chi connectivity index (χ3v) is 4.12. The van der Waals surface area contributed by atoms with E-state index in [-0.39, 0.29) is 24.2 Å². The Labute approximate surface area is 145 Å². The molecular weight excluding hydrogens is 323 g/mol. The Hall–Kier alpha value is -2.89. The van der Waals surface area contributed by atoms with Crippen LogP contribution in [0, 0.1) is 5.82 Å². The van der Waals surface area contributed by atoms with Gasteiger partial charge in [-0.3, -0.25) is 14.5 Å². The monoisotopic (exact) mass is 342 g/mol. The molecule has 3 rings (SSSR count). The van der Waals surface area contributed by atoms with Gasteiger partial charge in [-0.25, -0.2) is 4.39 Å². The van der Waals surface area contributed by atoms with Crippen LogP contribution in [0.5, 0.6) is 5.75 Å². The zero-order valence-electron chi connectivity index (χ0n) is 14.0. The molecule has 0 aliphatic carbocycles. The lowest BCUT2D eigenvalue weighted by Gasteiger charge is -2.32. The molecule has 2 amide bonds. The Balaban J connectivity index is 1.74. The summed E-state index contributed by atoms with van der Waals surface area (Å²) in [5.74, 6) is -0.471. The highest BCUT2D eigenvalue weighted by Crippen LogP contribution is 2.33. The average Bonchev–Trinajstić information content (AvgIpc) is 2.59. The molecule has 130 valence electrons. The van der Waals surface area contributed by atoms with Crippen molar-refractivity contribution in [1.82, 2.24) is 5.32 Å². The molecule has 25 heavy (non-hydrogen) atoms. The first-order chi connectivity index (χ1) is 12.0. The molecular formula is C19H19FN2O3. The van der Waals surface area contributed by atoms with Gasteiger partial charge in [0.1, 0.15) is 18.1 Å². The Morgan fingerprint density at radius 1 is 1.24 bits per heavy atom. The summed E-state index contributed by atoms with van der Waals surface area (Å²) in [6.45, 7) is 3.20. The maximum absolute atomic E-state index is 13.8. The van der Waals surface area contributed by atoms with Crippen molar-refractivity contribution >= 4 is 17.5 Å². The standard InChI is InChI=1S/C19H19FN2O3/c1-12(14-7-3-4-8-15(14)20)21-18(23)11-22-16-9-5-6-10-17(16)25-13(2)19(22)24/h3-10,12-13H,11H2,1-2H3,(H,21,23). The Morgan fingerprint density at radius 2 is 1.92 bits per heavy atom. The van der Waals surface area contributed by atoms with E-state index in [4.69, 9.17) is 4.74 Å². The number of nitrogens with zero attached hydrogens (tertiary/aromatic N) is 1. The molecule has 0 spiro atoms. The molecule has 5 nitrogen and oxygen atoms in total. The number of rotatable bonds is 4. The molecule has 6 heteroatoms. The normalized spacial score (nSPS) is 17.5. The van der Waals surface area contributed by atoms with Crippen LogP contribution in [0.2, 0.25) is 0 Å². The minimum absolute atomic E-state index is 0.150. The van der Waals surface area contributed by atoms with Crippen LogP contribution in [-0.2, 0) is 9.59 Å². The molecule has 1 aliphatic heterocycles. The number of amides is 2. The molecule has 0 saturated heterocycles. The largest absolute Gasteiger partial charge is 0.479 e. The maximum atomic E-state index is 13.8. The Kier molecular flexibility index (Phi) is 4.70. The summed E-state index contributed by atoms with van der Waals surface area (Å²) in [4.78, 5) is 26.2. The lowest BCUT2D eigenvalue weighted by molar-refractivity contribution is -0.128. The number of hydrogen-bond acceptors (Lipinski definition) is 3. The van der Waals surface area contributed by atoms with Crippen LogP contribution in [0.1, 0.15) is 25.5 Å². The van der Waals surface area contributed by atoms with E-state index in [1.54, 1.807) is 56.3 Å². The molecule has 2 aromatic rings. The molecule has 1 N–H and O–H groups in total. The first-order valence-electron chi connectivity index (χ1n) is 8.08. The average molecular weight is 342 g/mol. The second kappa shape index (κ2) is 6.93. The van der Waals surface area contributed by atoms with Gasteiger partial charge in [0.05, 0.1) is 11.7 Å². The van der Waals surface area contributed by atoms with E-state index in [0.717, 1.165) is 0 Å². The van der Waals surface area contributed by atoms with Crippen molar-refractivity contribution in [1.29, 1.82) is 0 Å². The minimum atomic E-state index is -0.660. The van der Waals surface area contributed by atoms with Crippen molar-refractivity contribution < 1.29 is 18.7 Å². The zero-order valence-corrected chi connectivity index (χ0v) is 14.0. The van der Waals surface area contributed by atoms with Gasteiger partial charge in [0.25, 0.3) is 5.91 Å². The maximum Gasteiger partial charge on any atom is 0.268 e. The van der Waals surface area contributed by atoms with E-state index in [0.29, 0.717) is 17.0 Å². The van der Waals surface area contributed by atoms with Crippen LogP contribution in [0.4, 0.5) is 10.1 Å². The molecule has 0 bridgehead atoms. The number of nitrogens with one attached hydrogen (secondary N) is 1. The first-order valence-corrected chi connectivity index (χ1v) is 8.08. The molecule has 0 fully saturated rings. The van der Waals surface area contributed by atoms with Gasteiger partial charge in [0.2, 0.25) is 5.91 Å². The summed E-state index contributed by atoms with van der Waals surface area (Å²) in [5, 5.41) is 2.74. The second-order valence-corrected chi connectivity index (χ2v) is 5.96. The molecule has 0 radical (unpaired) electrons. The highest BCUT2D eigenvalue weighted by Gasteiger charge is 2.32. The van der Waals surface area contributed by atoms with Gasteiger partial charge in [-0.1, -0.05) is 30.3 Å². The van der Waals surface area contributed by atoms with Gasteiger partial charge < -0.3 is 10.1 Å². The third kappa shape index (κ3) is 3.47. The molecule has 1 heterocycles. The predicted molar refractivity (Wildman–Crippen MR) is 91.8 cm³/mol. The van der Waals surface area contributed by atoms with Gasteiger partial charge in [-0.2, -0.15) is 0 Å². The number of carbonyl (C=O) groups is 2. The van der Waals surface area contributed by atoms with Gasteiger partial charge in [0.15, 0.2) is 6.10 Å². The number of para-hydroxylation sites is 2. The van der Waals surface area contributed by atoms with E-state index < -0.39 is 12.1 Å². The highest BCUT2D eigenvalue weighted by molar-refractivity contribution is 6.03. The summed E-state index contributed by atoms with van der Waals surface area (Å²) in [7, 11) is 0. The van der Waals surface area contributed by atoms with Gasteiger partial charge >= 0.3 is 0 Å². The second-order valence-electron chi connectivity index (χ2n) is 5.96. The number of anilines is 1. The number of halogens is 1. The van der Waals surface area contributed by atoms with Crippen LogP contribution in [0.15, 0.2) is 48.5 Å². The zero-order chi connectivity index (χ0) is 18.0. The van der Waals surface area contributed by atoms with Gasteiger partial charge in [-0.05, 0) is 32.0 Å². The Morgan fingerprint density at radius 3 is 2.68 bits per heavy atom. The summed E-state index contributed by atoms with van der Waals surface area (Å²) < 4.78 is 19.4. The van der Waals surface area contributed by atoms with E-state index >= 15 is 0 Å². The van der Waals surface area contributed by atoms with Crippen LogP contribution >= 0.6 is 0 Å². The summed E-state index contributed by atoms with van der Waals surface area (Å²) in [6.07, 6.45) is -0.660. The van der Waals surface area contributed by atoms with Gasteiger partial charge in [-0.15, -0.1) is 0 Å². The molecule has 0 saturated carbocycles. The topological polar surface area (TPSA) is 58.6 Å². The van der Waals surface area contributed by atoms with Crippen LogP contribution in [0.25, 0.3) is 0 Å². The van der Waals surface area contributed by atoms with Crippen LogP contribution < -0.4 is 15.0 Å². The van der Waals surface area contributed by atoms with E-state index in [1.807, 2.05) is 0 Å². The first kappa shape index (κ1) is 17.0. The molecule has 2 unspecified atom stereocenters. The summed E-state index contributed by atoms with van der Waals surface area (Å²) in [5.41, 5.74) is 0.956. The minimum Gasteiger partial charge on any atom is -0.479 e.